The zero-order chi connectivity index (χ0) is 22.9. The van der Waals surface area contributed by atoms with Crippen LogP contribution in [0.5, 0.6) is 17.5 Å². The van der Waals surface area contributed by atoms with E-state index in [0.29, 0.717) is 27.9 Å². The van der Waals surface area contributed by atoms with Gasteiger partial charge in [-0.1, -0.05) is 30.3 Å². The molecule has 3 aromatic carbocycles. The number of ether oxygens (including phenoxy) is 2. The zero-order valence-electron chi connectivity index (χ0n) is 16.8. The van der Waals surface area contributed by atoms with Gasteiger partial charge < -0.3 is 14.6 Å². The minimum absolute atomic E-state index is 0.0968. The van der Waals surface area contributed by atoms with Gasteiger partial charge >= 0.3 is 18.3 Å². The average molecular weight is 442 g/mol. The molecule has 0 atom stereocenters. The van der Waals surface area contributed by atoms with Crippen LogP contribution in [0.15, 0.2) is 66.7 Å². The first-order valence-corrected chi connectivity index (χ1v) is 9.51. The van der Waals surface area contributed by atoms with Crippen LogP contribution >= 0.6 is 0 Å². The predicted molar refractivity (Wildman–Crippen MR) is 110 cm³/mol. The first-order valence-electron chi connectivity index (χ1n) is 9.51. The van der Waals surface area contributed by atoms with Crippen molar-refractivity contribution in [1.82, 2.24) is 9.55 Å². The molecule has 0 amide bonds. The van der Waals surface area contributed by atoms with E-state index >= 15 is 0 Å². The summed E-state index contributed by atoms with van der Waals surface area (Å²) in [6.45, 7) is 2.00. The van der Waals surface area contributed by atoms with Crippen LogP contribution in [0.1, 0.15) is 21.5 Å². The Morgan fingerprint density at radius 3 is 2.34 bits per heavy atom. The number of fused-ring (bicyclic) bond motifs is 1. The number of para-hydroxylation sites is 1. The van der Waals surface area contributed by atoms with Crippen molar-refractivity contribution in [3.05, 3.63) is 83.4 Å². The number of carboxylic acids is 1. The summed E-state index contributed by atoms with van der Waals surface area (Å²) in [7, 11) is 0. The molecule has 0 aliphatic heterocycles. The number of aryl methyl sites for hydroxylation is 1. The zero-order valence-corrected chi connectivity index (χ0v) is 16.8. The van der Waals surface area contributed by atoms with Crippen LogP contribution in [0.4, 0.5) is 13.2 Å². The van der Waals surface area contributed by atoms with Crippen molar-refractivity contribution in [3.63, 3.8) is 0 Å². The lowest BCUT2D eigenvalue weighted by molar-refractivity contribution is -0.274. The van der Waals surface area contributed by atoms with Crippen LogP contribution < -0.4 is 9.47 Å². The van der Waals surface area contributed by atoms with Crippen molar-refractivity contribution in [3.8, 4) is 17.5 Å². The second kappa shape index (κ2) is 8.26. The van der Waals surface area contributed by atoms with Gasteiger partial charge in [-0.25, -0.2) is 4.79 Å². The number of carboxylic acid groups (broad SMARTS) is 1. The van der Waals surface area contributed by atoms with E-state index in [1.54, 1.807) is 35.8 Å². The quantitative estimate of drug-likeness (QED) is 0.410. The number of aromatic carboxylic acids is 1. The molecule has 0 fully saturated rings. The highest BCUT2D eigenvalue weighted by Gasteiger charge is 2.31. The summed E-state index contributed by atoms with van der Waals surface area (Å²) in [5.41, 5.74) is 2.55. The maximum atomic E-state index is 12.4. The minimum atomic E-state index is -4.77. The van der Waals surface area contributed by atoms with Crippen LogP contribution in [0.25, 0.3) is 11.0 Å². The molecule has 0 bridgehead atoms. The number of hydrogen-bond acceptors (Lipinski definition) is 4. The summed E-state index contributed by atoms with van der Waals surface area (Å²) in [5.74, 6) is -0.857. The fourth-order valence-corrected chi connectivity index (χ4v) is 3.38. The molecule has 4 rings (SSSR count). The number of imidazole rings is 1. The molecule has 0 saturated carbocycles. The largest absolute Gasteiger partial charge is 0.573 e. The number of nitrogens with zero attached hydrogens (tertiary/aromatic N) is 2. The molecular formula is C23H17F3N2O4. The molecule has 0 unspecified atom stereocenters. The molecule has 0 aliphatic rings. The first-order chi connectivity index (χ1) is 15.2. The topological polar surface area (TPSA) is 73.6 Å². The molecule has 164 valence electrons. The summed E-state index contributed by atoms with van der Waals surface area (Å²) in [4.78, 5) is 15.9. The van der Waals surface area contributed by atoms with Gasteiger partial charge in [-0.2, -0.15) is 4.98 Å². The van der Waals surface area contributed by atoms with Crippen LogP contribution in [0.2, 0.25) is 0 Å². The van der Waals surface area contributed by atoms with Gasteiger partial charge in [0.25, 0.3) is 0 Å². The fourth-order valence-electron chi connectivity index (χ4n) is 3.38. The Hall–Kier alpha value is -4.01. The molecule has 6 nitrogen and oxygen atoms in total. The van der Waals surface area contributed by atoms with E-state index < -0.39 is 12.3 Å². The minimum Gasteiger partial charge on any atom is -0.478 e. The van der Waals surface area contributed by atoms with E-state index in [1.807, 2.05) is 6.07 Å². The van der Waals surface area contributed by atoms with Crippen molar-refractivity contribution in [2.24, 2.45) is 0 Å². The maximum Gasteiger partial charge on any atom is 0.573 e. The number of rotatable bonds is 6. The normalized spacial score (nSPS) is 11.5. The first kappa shape index (κ1) is 21.2. The second-order valence-electron chi connectivity index (χ2n) is 7.05. The Morgan fingerprint density at radius 2 is 1.72 bits per heavy atom. The van der Waals surface area contributed by atoms with Gasteiger partial charge in [0.2, 0.25) is 0 Å². The van der Waals surface area contributed by atoms with Crippen molar-refractivity contribution >= 4 is 17.0 Å². The number of benzene rings is 3. The van der Waals surface area contributed by atoms with E-state index in [4.69, 9.17) is 4.74 Å². The molecule has 1 heterocycles. The van der Waals surface area contributed by atoms with Crippen LogP contribution in [0, 0.1) is 6.92 Å². The number of carbonyl (C=O) groups is 1. The molecule has 0 aliphatic carbocycles. The van der Waals surface area contributed by atoms with Gasteiger partial charge in [0.1, 0.15) is 11.5 Å². The number of aromatic nitrogens is 2. The van der Waals surface area contributed by atoms with Gasteiger partial charge in [0, 0.05) is 0 Å². The number of hydrogen-bond donors (Lipinski definition) is 1. The Balaban J connectivity index is 1.75. The molecule has 4 aromatic rings. The summed E-state index contributed by atoms with van der Waals surface area (Å²) >= 11 is 0. The monoisotopic (exact) mass is 442 g/mol. The third-order valence-electron chi connectivity index (χ3n) is 4.69. The average Bonchev–Trinajstić information content (AvgIpc) is 3.06. The molecule has 1 N–H and O–H groups in total. The van der Waals surface area contributed by atoms with Gasteiger partial charge in [-0.3, -0.25) is 4.57 Å². The lowest BCUT2D eigenvalue weighted by atomic mass is 10.1. The molecular weight excluding hydrogens is 425 g/mol. The molecule has 0 spiro atoms. The van der Waals surface area contributed by atoms with Crippen molar-refractivity contribution in [2.45, 2.75) is 19.8 Å². The Bertz CT molecular complexity index is 1270. The van der Waals surface area contributed by atoms with Crippen molar-refractivity contribution < 1.29 is 32.5 Å². The maximum absolute atomic E-state index is 12.4. The predicted octanol–water partition coefficient (Wildman–Crippen LogP) is 5.78. The molecule has 0 radical (unpaired) electrons. The summed E-state index contributed by atoms with van der Waals surface area (Å²) in [6.07, 6.45) is -4.77. The lowest BCUT2D eigenvalue weighted by Crippen LogP contribution is -2.17. The Kier molecular flexibility index (Phi) is 5.48. The van der Waals surface area contributed by atoms with Gasteiger partial charge in [0.05, 0.1) is 23.1 Å². The standard InChI is InChI=1S/C23H17F3N2O4/c1-14-11-16(21(29)30)12-19-20(14)28(22(27-19)31-17-5-3-2-4-6-17)13-15-7-9-18(10-8-15)32-23(24,25)26/h2-12H,13H2,1H3,(H,29,30). The summed E-state index contributed by atoms with van der Waals surface area (Å²) < 4.78 is 48.9. The Labute approximate surface area is 180 Å². The Morgan fingerprint density at radius 1 is 1.03 bits per heavy atom. The third kappa shape index (κ3) is 4.66. The molecule has 1 aromatic heterocycles. The molecule has 0 saturated heterocycles. The van der Waals surface area contributed by atoms with E-state index in [-0.39, 0.29) is 23.9 Å². The number of halogens is 3. The van der Waals surface area contributed by atoms with E-state index in [9.17, 15) is 23.1 Å². The highest BCUT2D eigenvalue weighted by Crippen LogP contribution is 2.31. The number of alkyl halides is 3. The highest BCUT2D eigenvalue weighted by atomic mass is 19.4. The van der Waals surface area contributed by atoms with E-state index in [0.717, 1.165) is 0 Å². The van der Waals surface area contributed by atoms with Gasteiger partial charge in [-0.15, -0.1) is 13.2 Å². The van der Waals surface area contributed by atoms with Crippen molar-refractivity contribution in [2.75, 3.05) is 0 Å². The lowest BCUT2D eigenvalue weighted by Gasteiger charge is -2.13. The highest BCUT2D eigenvalue weighted by molar-refractivity contribution is 5.94. The third-order valence-corrected chi connectivity index (χ3v) is 4.69. The van der Waals surface area contributed by atoms with Gasteiger partial charge in [0.15, 0.2) is 0 Å². The smallest absolute Gasteiger partial charge is 0.478 e. The van der Waals surface area contributed by atoms with E-state index in [2.05, 4.69) is 9.72 Å². The SMILES string of the molecule is Cc1cc(C(=O)O)cc2nc(Oc3ccccc3)n(Cc3ccc(OC(F)(F)F)cc3)c12. The second-order valence-corrected chi connectivity index (χ2v) is 7.05. The van der Waals surface area contributed by atoms with Crippen LogP contribution in [-0.4, -0.2) is 27.0 Å². The van der Waals surface area contributed by atoms with Gasteiger partial charge in [-0.05, 0) is 54.4 Å². The molecule has 32 heavy (non-hydrogen) atoms. The fraction of sp³-hybridized carbons (Fsp3) is 0.130. The molecule has 9 heteroatoms. The van der Waals surface area contributed by atoms with Crippen molar-refractivity contribution in [1.29, 1.82) is 0 Å². The van der Waals surface area contributed by atoms with Crippen LogP contribution in [0.3, 0.4) is 0 Å². The summed E-state index contributed by atoms with van der Waals surface area (Å²) in [5, 5.41) is 9.36. The van der Waals surface area contributed by atoms with E-state index in [1.165, 1.54) is 36.4 Å². The van der Waals surface area contributed by atoms with Crippen LogP contribution in [-0.2, 0) is 6.54 Å². The summed E-state index contributed by atoms with van der Waals surface area (Å²) in [6, 6.07) is 17.7.